The molecule has 0 fully saturated rings. The van der Waals surface area contributed by atoms with Crippen LogP contribution >= 0.6 is 0 Å². The highest BCUT2D eigenvalue weighted by molar-refractivity contribution is 5.82. The average molecular weight is 254 g/mol. The minimum absolute atomic E-state index is 0.164. The van der Waals surface area contributed by atoms with Gasteiger partial charge in [-0.15, -0.1) is 0 Å². The van der Waals surface area contributed by atoms with Gasteiger partial charge in [-0.2, -0.15) is 0 Å². The van der Waals surface area contributed by atoms with Crippen molar-refractivity contribution in [2.75, 3.05) is 5.32 Å². The maximum absolute atomic E-state index is 11.4. The lowest BCUT2D eigenvalue weighted by Gasteiger charge is -2.19. The quantitative estimate of drug-likeness (QED) is 0.797. The summed E-state index contributed by atoms with van der Waals surface area (Å²) in [5.74, 6) is 5.21. The third kappa shape index (κ3) is 4.64. The van der Waals surface area contributed by atoms with Crippen LogP contribution in [0.1, 0.15) is 39.4 Å². The van der Waals surface area contributed by atoms with Gasteiger partial charge >= 0.3 is 6.09 Å². The molecule has 18 heavy (non-hydrogen) atoms. The van der Waals surface area contributed by atoms with E-state index in [1.807, 2.05) is 0 Å². The molecule has 0 bridgehead atoms. The van der Waals surface area contributed by atoms with Crippen molar-refractivity contribution in [2.45, 2.75) is 39.4 Å². The van der Waals surface area contributed by atoms with Crippen molar-refractivity contribution in [3.05, 3.63) is 18.0 Å². The summed E-state index contributed by atoms with van der Waals surface area (Å²) in [6, 6.07) is 0. The zero-order valence-electron chi connectivity index (χ0n) is 10.9. The van der Waals surface area contributed by atoms with Gasteiger partial charge in [0.15, 0.2) is 0 Å². The number of carbonyl (C=O) groups excluding carboxylic acids is 1. The first kappa shape index (κ1) is 14.3. The molecule has 3 N–H and O–H groups in total. The fourth-order valence-electron chi connectivity index (χ4n) is 1.09. The molecule has 1 unspecified atom stereocenters. The molecule has 1 rings (SSSR count). The first-order chi connectivity index (χ1) is 8.31. The second kappa shape index (κ2) is 5.74. The fraction of sp³-hybridized carbons (Fsp3) is 0.545. The number of hydrogen-bond donors (Lipinski definition) is 2. The van der Waals surface area contributed by atoms with E-state index < -0.39 is 11.7 Å². The van der Waals surface area contributed by atoms with E-state index in [9.17, 15) is 4.79 Å². The van der Waals surface area contributed by atoms with Crippen molar-refractivity contribution < 1.29 is 14.4 Å². The van der Waals surface area contributed by atoms with Crippen LogP contribution in [0.25, 0.3) is 0 Å². The molecule has 0 saturated heterocycles. The standard InChI is InChI=1S/C11H18N4O3/c1-7(18-12)8-5-13-9(14-6-8)15-10(16)17-11(2,3)4/h5-7H,12H2,1-4H3,(H,13,14,15,16). The highest BCUT2D eigenvalue weighted by atomic mass is 16.6. The van der Waals surface area contributed by atoms with Crippen LogP contribution in [0, 0.1) is 0 Å². The van der Waals surface area contributed by atoms with Gasteiger partial charge in [0.25, 0.3) is 0 Å². The first-order valence-electron chi connectivity index (χ1n) is 5.49. The van der Waals surface area contributed by atoms with Crippen LogP contribution in [0.2, 0.25) is 0 Å². The second-order valence-electron chi connectivity index (χ2n) is 4.75. The summed E-state index contributed by atoms with van der Waals surface area (Å²) in [6.45, 7) is 7.09. The Balaban J connectivity index is 2.61. The Bertz CT molecular complexity index is 400. The second-order valence-corrected chi connectivity index (χ2v) is 4.75. The number of nitrogens with two attached hydrogens (primary N) is 1. The Kier molecular flexibility index (Phi) is 4.57. The maximum Gasteiger partial charge on any atom is 0.414 e. The van der Waals surface area contributed by atoms with Crippen molar-refractivity contribution in [2.24, 2.45) is 5.90 Å². The highest BCUT2D eigenvalue weighted by Gasteiger charge is 2.17. The van der Waals surface area contributed by atoms with Crippen LogP contribution in [0.3, 0.4) is 0 Å². The number of ether oxygens (including phenoxy) is 1. The predicted molar refractivity (Wildman–Crippen MR) is 65.6 cm³/mol. The van der Waals surface area contributed by atoms with Gasteiger partial charge in [0.05, 0.1) is 0 Å². The largest absolute Gasteiger partial charge is 0.444 e. The van der Waals surface area contributed by atoms with Crippen LogP contribution in [0.4, 0.5) is 10.7 Å². The smallest absolute Gasteiger partial charge is 0.414 e. The van der Waals surface area contributed by atoms with Crippen LogP contribution < -0.4 is 11.2 Å². The van der Waals surface area contributed by atoms with Crippen LogP contribution in [0.15, 0.2) is 12.4 Å². The normalized spacial score (nSPS) is 12.9. The van der Waals surface area contributed by atoms with E-state index in [2.05, 4.69) is 20.1 Å². The van der Waals surface area contributed by atoms with E-state index in [0.29, 0.717) is 5.56 Å². The lowest BCUT2D eigenvalue weighted by molar-refractivity contribution is 0.0634. The number of rotatable bonds is 3. The van der Waals surface area contributed by atoms with Crippen molar-refractivity contribution in [3.8, 4) is 0 Å². The summed E-state index contributed by atoms with van der Waals surface area (Å²) in [6.07, 6.45) is 2.15. The van der Waals surface area contributed by atoms with Crippen LogP contribution in [-0.2, 0) is 9.57 Å². The number of nitrogens with zero attached hydrogens (tertiary/aromatic N) is 2. The van der Waals surface area contributed by atoms with Crippen LogP contribution in [0.5, 0.6) is 0 Å². The molecular weight excluding hydrogens is 236 g/mol. The minimum atomic E-state index is -0.599. The number of hydrogen-bond acceptors (Lipinski definition) is 6. The molecule has 0 aliphatic heterocycles. The number of amides is 1. The van der Waals surface area contributed by atoms with Crippen molar-refractivity contribution in [1.29, 1.82) is 0 Å². The molecule has 0 spiro atoms. The molecule has 0 aliphatic rings. The van der Waals surface area contributed by atoms with E-state index in [1.165, 1.54) is 12.4 Å². The highest BCUT2D eigenvalue weighted by Crippen LogP contribution is 2.13. The number of anilines is 1. The summed E-state index contributed by atoms with van der Waals surface area (Å²) in [5, 5.41) is 2.43. The summed E-state index contributed by atoms with van der Waals surface area (Å²) in [7, 11) is 0. The van der Waals surface area contributed by atoms with Gasteiger partial charge < -0.3 is 4.74 Å². The van der Waals surface area contributed by atoms with E-state index >= 15 is 0 Å². The van der Waals surface area contributed by atoms with E-state index in [-0.39, 0.29) is 12.1 Å². The molecule has 0 aliphatic carbocycles. The van der Waals surface area contributed by atoms with E-state index in [0.717, 1.165) is 0 Å². The molecule has 1 atom stereocenters. The number of nitrogens with one attached hydrogen (secondary N) is 1. The minimum Gasteiger partial charge on any atom is -0.444 e. The van der Waals surface area contributed by atoms with Gasteiger partial charge in [0, 0.05) is 18.0 Å². The van der Waals surface area contributed by atoms with E-state index in [1.54, 1.807) is 27.7 Å². The zero-order chi connectivity index (χ0) is 13.8. The van der Waals surface area contributed by atoms with Gasteiger partial charge in [-0.05, 0) is 27.7 Å². The molecule has 1 aromatic rings. The molecule has 7 heteroatoms. The third-order valence-electron chi connectivity index (χ3n) is 1.96. The molecule has 0 saturated carbocycles. The number of carbonyl (C=O) groups is 1. The Hall–Kier alpha value is -1.73. The van der Waals surface area contributed by atoms with Gasteiger partial charge in [0.2, 0.25) is 5.95 Å². The van der Waals surface area contributed by atoms with Gasteiger partial charge in [0.1, 0.15) is 11.7 Å². The van der Waals surface area contributed by atoms with Gasteiger partial charge in [-0.1, -0.05) is 0 Å². The molecule has 7 nitrogen and oxygen atoms in total. The van der Waals surface area contributed by atoms with E-state index in [4.69, 9.17) is 10.6 Å². The van der Waals surface area contributed by atoms with Gasteiger partial charge in [-0.3, -0.25) is 10.2 Å². The Labute approximate surface area is 106 Å². The van der Waals surface area contributed by atoms with Crippen molar-refractivity contribution >= 4 is 12.0 Å². The Morgan fingerprint density at radius 3 is 2.39 bits per heavy atom. The topological polar surface area (TPSA) is 99.4 Å². The molecule has 100 valence electrons. The fourth-order valence-corrected chi connectivity index (χ4v) is 1.09. The molecule has 0 aromatic carbocycles. The molecule has 1 amide bonds. The summed E-state index contributed by atoms with van der Waals surface area (Å²) in [4.78, 5) is 24.0. The van der Waals surface area contributed by atoms with Crippen molar-refractivity contribution in [3.63, 3.8) is 0 Å². The SMILES string of the molecule is CC(ON)c1cnc(NC(=O)OC(C)(C)C)nc1. The average Bonchev–Trinajstić information content (AvgIpc) is 2.26. The Morgan fingerprint density at radius 2 is 1.94 bits per heavy atom. The number of aromatic nitrogens is 2. The maximum atomic E-state index is 11.4. The monoisotopic (exact) mass is 254 g/mol. The third-order valence-corrected chi connectivity index (χ3v) is 1.96. The summed E-state index contributed by atoms with van der Waals surface area (Å²) in [5.41, 5.74) is 0.151. The Morgan fingerprint density at radius 1 is 1.39 bits per heavy atom. The summed E-state index contributed by atoms with van der Waals surface area (Å²) < 4.78 is 5.07. The lowest BCUT2D eigenvalue weighted by Crippen LogP contribution is -2.27. The summed E-state index contributed by atoms with van der Waals surface area (Å²) >= 11 is 0. The molecule has 1 heterocycles. The molecular formula is C11H18N4O3. The lowest BCUT2D eigenvalue weighted by atomic mass is 10.2. The predicted octanol–water partition coefficient (Wildman–Crippen LogP) is 1.77. The van der Waals surface area contributed by atoms with Crippen LogP contribution in [-0.4, -0.2) is 21.7 Å². The first-order valence-corrected chi connectivity index (χ1v) is 5.49. The molecule has 0 radical (unpaired) electrons. The zero-order valence-corrected chi connectivity index (χ0v) is 10.9. The van der Waals surface area contributed by atoms with Gasteiger partial charge in [-0.25, -0.2) is 20.7 Å². The van der Waals surface area contributed by atoms with Crippen molar-refractivity contribution in [1.82, 2.24) is 9.97 Å². The molecule has 1 aromatic heterocycles.